The lowest BCUT2D eigenvalue weighted by Crippen LogP contribution is -2.36. The molecule has 1 aromatic carbocycles. The van der Waals surface area contributed by atoms with Gasteiger partial charge in [0.1, 0.15) is 23.7 Å². The Labute approximate surface area is 157 Å². The molecule has 2 aliphatic rings. The zero-order valence-electron chi connectivity index (χ0n) is 15.4. The fourth-order valence-corrected chi connectivity index (χ4v) is 3.79. The van der Waals surface area contributed by atoms with Crippen molar-refractivity contribution in [2.24, 2.45) is 0 Å². The summed E-state index contributed by atoms with van der Waals surface area (Å²) in [5.74, 6) is 1.84. The average molecular weight is 365 g/mol. The molecular formula is C19H23N7O. The van der Waals surface area contributed by atoms with Crippen LogP contribution in [0.1, 0.15) is 12.1 Å². The molecule has 3 aromatic rings. The maximum absolute atomic E-state index is 5.47. The Hall–Kier alpha value is -2.87. The van der Waals surface area contributed by atoms with Gasteiger partial charge in [-0.3, -0.25) is 0 Å². The molecular weight excluding hydrogens is 342 g/mol. The Morgan fingerprint density at radius 2 is 2.04 bits per heavy atom. The molecule has 0 saturated carbocycles. The number of nitrogens with one attached hydrogen (secondary N) is 2. The Kier molecular flexibility index (Phi) is 4.05. The van der Waals surface area contributed by atoms with Gasteiger partial charge in [0.2, 0.25) is 0 Å². The number of ether oxygens (including phenoxy) is 1. The van der Waals surface area contributed by atoms with E-state index < -0.39 is 0 Å². The van der Waals surface area contributed by atoms with Crippen LogP contribution in [-0.4, -0.2) is 52.6 Å². The maximum atomic E-state index is 5.47. The third-order valence-electron chi connectivity index (χ3n) is 5.21. The first-order valence-corrected chi connectivity index (χ1v) is 9.45. The molecule has 2 N–H and O–H groups in total. The highest BCUT2D eigenvalue weighted by Gasteiger charge is 2.19. The van der Waals surface area contributed by atoms with Crippen LogP contribution in [0.15, 0.2) is 24.5 Å². The van der Waals surface area contributed by atoms with E-state index in [1.165, 1.54) is 5.69 Å². The molecule has 4 heterocycles. The van der Waals surface area contributed by atoms with E-state index in [1.54, 1.807) is 6.33 Å². The van der Waals surface area contributed by atoms with Crippen LogP contribution in [0.3, 0.4) is 0 Å². The second-order valence-electron chi connectivity index (χ2n) is 6.96. The topological polar surface area (TPSA) is 80.1 Å². The average Bonchev–Trinajstić information content (AvgIpc) is 3.04. The summed E-state index contributed by atoms with van der Waals surface area (Å²) in [6.07, 6.45) is 2.70. The molecule has 0 unspecified atom stereocenters. The summed E-state index contributed by atoms with van der Waals surface area (Å²) in [4.78, 5) is 11.3. The summed E-state index contributed by atoms with van der Waals surface area (Å²) in [6.45, 7) is 7.27. The minimum Gasteiger partial charge on any atom is -0.378 e. The molecule has 1 saturated heterocycles. The normalized spacial score (nSPS) is 16.9. The second-order valence-corrected chi connectivity index (χ2v) is 6.96. The molecule has 0 atom stereocenters. The van der Waals surface area contributed by atoms with Gasteiger partial charge in [-0.15, -0.1) is 0 Å². The van der Waals surface area contributed by atoms with Crippen molar-refractivity contribution in [3.8, 4) is 0 Å². The van der Waals surface area contributed by atoms with Gasteiger partial charge < -0.3 is 20.3 Å². The molecule has 5 rings (SSSR count). The van der Waals surface area contributed by atoms with Gasteiger partial charge in [0.25, 0.3) is 0 Å². The number of anilines is 4. The van der Waals surface area contributed by atoms with E-state index in [9.17, 15) is 0 Å². The van der Waals surface area contributed by atoms with Crippen LogP contribution in [0.2, 0.25) is 0 Å². The third-order valence-corrected chi connectivity index (χ3v) is 5.21. The zero-order valence-corrected chi connectivity index (χ0v) is 15.4. The molecule has 2 aromatic heterocycles. The van der Waals surface area contributed by atoms with Crippen molar-refractivity contribution >= 4 is 33.9 Å². The van der Waals surface area contributed by atoms with Crippen LogP contribution >= 0.6 is 0 Å². The van der Waals surface area contributed by atoms with Crippen molar-refractivity contribution in [3.05, 3.63) is 30.2 Å². The highest BCUT2D eigenvalue weighted by Crippen LogP contribution is 2.33. The van der Waals surface area contributed by atoms with Crippen molar-refractivity contribution in [1.29, 1.82) is 0 Å². The van der Waals surface area contributed by atoms with Crippen LogP contribution in [0.5, 0.6) is 0 Å². The number of hydrogen-bond acceptors (Lipinski definition) is 7. The lowest BCUT2D eigenvalue weighted by Gasteiger charge is -2.29. The minimum atomic E-state index is 0.766. The fraction of sp³-hybridized carbons (Fsp3) is 0.421. The van der Waals surface area contributed by atoms with Crippen LogP contribution in [0.25, 0.3) is 10.9 Å². The first kappa shape index (κ1) is 16.3. The number of nitrogens with zero attached hydrogens (tertiary/aromatic N) is 5. The summed E-state index contributed by atoms with van der Waals surface area (Å²) < 4.78 is 7.51. The summed E-state index contributed by atoms with van der Waals surface area (Å²) in [7, 11) is 0. The largest absolute Gasteiger partial charge is 0.378 e. The van der Waals surface area contributed by atoms with Crippen LogP contribution < -0.4 is 15.5 Å². The molecule has 0 spiro atoms. The third kappa shape index (κ3) is 2.95. The van der Waals surface area contributed by atoms with Gasteiger partial charge in [-0.25, -0.2) is 14.6 Å². The summed E-state index contributed by atoms with van der Waals surface area (Å²) in [6, 6.07) is 6.35. The highest BCUT2D eigenvalue weighted by molar-refractivity contribution is 5.94. The number of hydrogen-bond donors (Lipinski definition) is 2. The molecule has 1 fully saturated rings. The van der Waals surface area contributed by atoms with Gasteiger partial charge in [-0.1, -0.05) is 0 Å². The van der Waals surface area contributed by atoms with Crippen LogP contribution in [0.4, 0.5) is 23.0 Å². The van der Waals surface area contributed by atoms with E-state index in [2.05, 4.69) is 48.8 Å². The maximum Gasteiger partial charge on any atom is 0.148 e. The first-order chi connectivity index (χ1) is 13.3. The van der Waals surface area contributed by atoms with Crippen molar-refractivity contribution in [3.63, 3.8) is 0 Å². The SMILES string of the molecule is Cc1nn2c(c1Nc1ncnc3ccc(N4CCOCC4)cc13)NCCC2. The predicted octanol–water partition coefficient (Wildman–Crippen LogP) is 2.53. The van der Waals surface area contributed by atoms with Gasteiger partial charge in [0.05, 0.1) is 24.4 Å². The molecule has 0 bridgehead atoms. The molecule has 0 amide bonds. The van der Waals surface area contributed by atoms with Gasteiger partial charge in [-0.05, 0) is 31.5 Å². The van der Waals surface area contributed by atoms with Crippen molar-refractivity contribution < 1.29 is 4.74 Å². The summed E-state index contributed by atoms with van der Waals surface area (Å²) in [5.41, 5.74) is 4.06. The molecule has 27 heavy (non-hydrogen) atoms. The standard InChI is InChI=1S/C19H23N7O/c1-13-17(19-20-5-2-6-26(19)24-13)23-18-15-11-14(25-7-9-27-10-8-25)3-4-16(15)21-12-22-18/h3-4,11-12,20H,2,5-10H2,1H3,(H,21,22,23). The summed E-state index contributed by atoms with van der Waals surface area (Å²) in [5, 5.41) is 12.6. The van der Waals surface area contributed by atoms with Gasteiger partial charge in [0, 0.05) is 37.3 Å². The second kappa shape index (κ2) is 6.70. The molecule has 0 aliphatic carbocycles. The molecule has 8 nitrogen and oxygen atoms in total. The molecule has 2 aliphatic heterocycles. The van der Waals surface area contributed by atoms with E-state index >= 15 is 0 Å². The molecule has 8 heteroatoms. The summed E-state index contributed by atoms with van der Waals surface area (Å²) >= 11 is 0. The van der Waals surface area contributed by atoms with Crippen LogP contribution in [-0.2, 0) is 11.3 Å². The number of rotatable bonds is 3. The first-order valence-electron chi connectivity index (χ1n) is 9.45. The Balaban J connectivity index is 1.54. The zero-order chi connectivity index (χ0) is 18.2. The smallest absolute Gasteiger partial charge is 0.148 e. The van der Waals surface area contributed by atoms with Crippen LogP contribution in [0, 0.1) is 6.92 Å². The van der Waals surface area contributed by atoms with Gasteiger partial charge >= 0.3 is 0 Å². The monoisotopic (exact) mass is 365 g/mol. The van der Waals surface area contributed by atoms with Crippen molar-refractivity contribution in [2.45, 2.75) is 19.9 Å². The highest BCUT2D eigenvalue weighted by atomic mass is 16.5. The lowest BCUT2D eigenvalue weighted by atomic mass is 10.2. The number of aryl methyl sites for hydroxylation is 2. The predicted molar refractivity (Wildman–Crippen MR) is 106 cm³/mol. The Bertz CT molecular complexity index is 978. The van der Waals surface area contributed by atoms with Gasteiger partial charge in [-0.2, -0.15) is 5.10 Å². The number of aromatic nitrogens is 4. The lowest BCUT2D eigenvalue weighted by molar-refractivity contribution is 0.122. The van der Waals surface area contributed by atoms with E-state index in [0.717, 1.165) is 79.7 Å². The van der Waals surface area contributed by atoms with E-state index in [0.29, 0.717) is 0 Å². The number of morpholine rings is 1. The quantitative estimate of drug-likeness (QED) is 0.738. The number of benzene rings is 1. The number of fused-ring (bicyclic) bond motifs is 2. The van der Waals surface area contributed by atoms with Crippen molar-refractivity contribution in [1.82, 2.24) is 19.7 Å². The van der Waals surface area contributed by atoms with E-state index in [4.69, 9.17) is 4.74 Å². The molecule has 140 valence electrons. The Morgan fingerprint density at radius 3 is 2.93 bits per heavy atom. The fourth-order valence-electron chi connectivity index (χ4n) is 3.79. The van der Waals surface area contributed by atoms with E-state index in [-0.39, 0.29) is 0 Å². The Morgan fingerprint density at radius 1 is 1.15 bits per heavy atom. The van der Waals surface area contributed by atoms with Gasteiger partial charge in [0.15, 0.2) is 0 Å². The minimum absolute atomic E-state index is 0.766. The van der Waals surface area contributed by atoms with E-state index in [1.807, 2.05) is 11.6 Å². The van der Waals surface area contributed by atoms with Crippen molar-refractivity contribution in [2.75, 3.05) is 48.4 Å². The molecule has 0 radical (unpaired) electrons.